The second kappa shape index (κ2) is 15.5. The number of para-hydroxylation sites is 4. The van der Waals surface area contributed by atoms with Crippen molar-refractivity contribution in [2.24, 2.45) is 0 Å². The summed E-state index contributed by atoms with van der Waals surface area (Å²) in [6.07, 6.45) is 15.7. The predicted molar refractivity (Wildman–Crippen MR) is 244 cm³/mol. The first kappa shape index (κ1) is 38.4. The zero-order chi connectivity index (χ0) is 42.1. The van der Waals surface area contributed by atoms with Crippen LogP contribution in [0.1, 0.15) is 29.7 Å². The number of fused-ring (bicyclic) bond motifs is 20. The summed E-state index contributed by atoms with van der Waals surface area (Å²) in [5.41, 5.74) is 11.1. The summed E-state index contributed by atoms with van der Waals surface area (Å²) in [4.78, 5) is 38.0. The molecule has 0 aliphatic carbocycles. The molecule has 0 N–H and O–H groups in total. The fourth-order valence-electron chi connectivity index (χ4n) is 9.74. The lowest BCUT2D eigenvalue weighted by atomic mass is 10.1. The summed E-state index contributed by atoms with van der Waals surface area (Å²) >= 11 is 0. The molecule has 0 radical (unpaired) electrons. The predicted octanol–water partition coefficient (Wildman–Crippen LogP) is 8.80. The van der Waals surface area contributed by atoms with Gasteiger partial charge in [-0.3, -0.25) is 19.6 Å². The largest absolute Gasteiger partial charge is 0.466 e. The minimum Gasteiger partial charge on any atom is -0.466 e. The average Bonchev–Trinajstić information content (AvgIpc) is 4.21. The SMILES string of the molecule is C.c1ccc2c(c1)CC1Oc3cccnc3N21.c1ccc2c(c1)CC1Oc3cncnc3N21.c1ccc2c(c1)CC1Oc3nccnc3N21.c1ccc2c(c1)CC1Oc3ncncc3N21. The van der Waals surface area contributed by atoms with Gasteiger partial charge < -0.3 is 18.9 Å². The number of benzene rings is 4. The third-order valence-corrected chi connectivity index (χ3v) is 12.4. The first-order valence-corrected chi connectivity index (χ1v) is 21.2. The van der Waals surface area contributed by atoms with Crippen LogP contribution in [0.15, 0.2) is 153 Å². The Morgan fingerprint density at radius 2 is 0.831 bits per heavy atom. The van der Waals surface area contributed by atoms with E-state index in [-0.39, 0.29) is 32.3 Å². The number of rotatable bonds is 0. The lowest BCUT2D eigenvalue weighted by Gasteiger charge is -2.16. The van der Waals surface area contributed by atoms with E-state index in [1.54, 1.807) is 24.9 Å². The van der Waals surface area contributed by atoms with E-state index in [9.17, 15) is 0 Å². The molecule has 0 saturated carbocycles. The molecule has 12 heterocycles. The van der Waals surface area contributed by atoms with Crippen LogP contribution in [0.2, 0.25) is 0 Å². The van der Waals surface area contributed by atoms with Crippen molar-refractivity contribution >= 4 is 45.9 Å². The van der Waals surface area contributed by atoms with Gasteiger partial charge >= 0.3 is 0 Å². The van der Waals surface area contributed by atoms with Gasteiger partial charge in [0.25, 0.3) is 5.88 Å². The Bertz CT molecular complexity index is 2490. The average molecular weight is 860 g/mol. The van der Waals surface area contributed by atoms with Gasteiger partial charge in [0.2, 0.25) is 5.88 Å². The van der Waals surface area contributed by atoms with Crippen molar-refractivity contribution in [3.05, 3.63) is 175 Å². The summed E-state index contributed by atoms with van der Waals surface area (Å²) in [6.45, 7) is 0. The molecule has 65 heavy (non-hydrogen) atoms. The Morgan fingerprint density at radius 1 is 0.369 bits per heavy atom. The number of nitrogens with zero attached hydrogens (tertiary/aromatic N) is 11. The zero-order valence-corrected chi connectivity index (χ0v) is 34.1. The van der Waals surface area contributed by atoms with Crippen LogP contribution < -0.4 is 38.5 Å². The van der Waals surface area contributed by atoms with Crippen LogP contribution in [0, 0.1) is 0 Å². The maximum Gasteiger partial charge on any atom is 0.260 e. The molecule has 0 fully saturated rings. The monoisotopic (exact) mass is 859 g/mol. The van der Waals surface area contributed by atoms with Crippen LogP contribution in [0.4, 0.5) is 45.9 Å². The van der Waals surface area contributed by atoms with Crippen LogP contribution >= 0.6 is 0 Å². The molecule has 15 nitrogen and oxygen atoms in total. The quantitative estimate of drug-likeness (QED) is 0.143. The molecule has 4 aromatic heterocycles. The van der Waals surface area contributed by atoms with Gasteiger partial charge in [-0.1, -0.05) is 80.2 Å². The van der Waals surface area contributed by atoms with Crippen molar-refractivity contribution in [2.75, 3.05) is 19.6 Å². The van der Waals surface area contributed by atoms with E-state index in [1.807, 2.05) is 42.7 Å². The minimum atomic E-state index is 0. The standard InChI is InChI=1S/C13H10N2O.3C12H9N3O.CH4/c1-2-5-10-9(4-1)8-12-15(10)13-11(16-12)6-3-7-14-13;1-2-4-9-8(3-1)5-11-15(9)12-10(16-11)6-13-7-14-12;1-2-4-9-8(3-1)5-11-15(9)10-6-13-7-14-12(10)16-11;1-2-4-9-8(3-1)7-10-15(9)11-12(16-10)14-6-5-13-11;/h1-7,12H,8H2;2*1-4,6-7,11H,5H2;1-6,10H,7H2;1H4. The maximum absolute atomic E-state index is 5.88. The zero-order valence-electron chi connectivity index (χ0n) is 34.1. The summed E-state index contributed by atoms with van der Waals surface area (Å²) in [5.74, 6) is 5.65. The highest BCUT2D eigenvalue weighted by atomic mass is 16.5. The van der Waals surface area contributed by atoms with Gasteiger partial charge in [0, 0.05) is 67.0 Å². The second-order valence-electron chi connectivity index (χ2n) is 16.0. The molecule has 0 amide bonds. The van der Waals surface area contributed by atoms with Gasteiger partial charge in [0.15, 0.2) is 53.9 Å². The molecular formula is C50H41N11O4. The molecule has 4 aromatic carbocycles. The van der Waals surface area contributed by atoms with Crippen molar-refractivity contribution in [1.29, 1.82) is 0 Å². The molecule has 0 spiro atoms. The van der Waals surface area contributed by atoms with Crippen molar-refractivity contribution in [2.45, 2.75) is 58.0 Å². The third-order valence-electron chi connectivity index (χ3n) is 12.4. The van der Waals surface area contributed by atoms with Crippen molar-refractivity contribution in [3.8, 4) is 23.3 Å². The van der Waals surface area contributed by atoms with Crippen LogP contribution in [0.25, 0.3) is 0 Å². The summed E-state index contributed by atoms with van der Waals surface area (Å²) in [6, 6.07) is 37.3. The van der Waals surface area contributed by atoms with Gasteiger partial charge in [0.05, 0.1) is 12.4 Å². The van der Waals surface area contributed by atoms with Gasteiger partial charge in [-0.15, -0.1) is 0 Å². The normalized spacial score (nSPS) is 19.7. The van der Waals surface area contributed by atoms with Gasteiger partial charge in [-0.05, 0) is 58.7 Å². The molecular weight excluding hydrogens is 819 g/mol. The molecule has 8 aliphatic rings. The Labute approximate surface area is 374 Å². The highest BCUT2D eigenvalue weighted by Crippen LogP contribution is 2.49. The minimum absolute atomic E-state index is 0. The van der Waals surface area contributed by atoms with E-state index in [2.05, 4.69) is 133 Å². The molecule has 16 rings (SSSR count). The van der Waals surface area contributed by atoms with Crippen LogP contribution in [-0.4, -0.2) is 59.8 Å². The van der Waals surface area contributed by atoms with Crippen molar-refractivity contribution in [3.63, 3.8) is 0 Å². The van der Waals surface area contributed by atoms with Crippen LogP contribution in [0.5, 0.6) is 23.3 Å². The molecule has 0 saturated heterocycles. The Kier molecular flexibility index (Phi) is 9.13. The first-order chi connectivity index (χ1) is 31.7. The molecule has 8 aliphatic heterocycles. The number of hydrogen-bond donors (Lipinski definition) is 0. The topological polar surface area (TPSA) is 140 Å². The summed E-state index contributed by atoms with van der Waals surface area (Å²) < 4.78 is 23.2. The number of ether oxygens (including phenoxy) is 4. The van der Waals surface area contributed by atoms with Crippen molar-refractivity contribution < 1.29 is 18.9 Å². The van der Waals surface area contributed by atoms with Gasteiger partial charge in [-0.2, -0.15) is 4.98 Å². The Balaban J connectivity index is 0.0000000907. The first-order valence-electron chi connectivity index (χ1n) is 21.2. The van der Waals surface area contributed by atoms with Crippen LogP contribution in [-0.2, 0) is 25.7 Å². The third kappa shape index (κ3) is 6.29. The van der Waals surface area contributed by atoms with E-state index in [0.717, 1.165) is 60.3 Å². The summed E-state index contributed by atoms with van der Waals surface area (Å²) in [7, 11) is 0. The number of hydrogen-bond acceptors (Lipinski definition) is 15. The molecule has 0 bridgehead atoms. The summed E-state index contributed by atoms with van der Waals surface area (Å²) in [5, 5.41) is 0. The van der Waals surface area contributed by atoms with Gasteiger partial charge in [0.1, 0.15) is 18.3 Å². The van der Waals surface area contributed by atoms with Gasteiger partial charge in [-0.25, -0.2) is 29.9 Å². The highest BCUT2D eigenvalue weighted by Gasteiger charge is 2.43. The van der Waals surface area contributed by atoms with Crippen molar-refractivity contribution in [1.82, 2.24) is 34.9 Å². The molecule has 15 heteroatoms. The Hall–Kier alpha value is -8.33. The van der Waals surface area contributed by atoms with E-state index in [4.69, 9.17) is 18.9 Å². The fraction of sp³-hybridized carbons (Fsp3) is 0.180. The second-order valence-corrected chi connectivity index (χ2v) is 16.0. The fourth-order valence-corrected chi connectivity index (χ4v) is 9.74. The van der Waals surface area contributed by atoms with E-state index in [1.165, 1.54) is 51.3 Å². The van der Waals surface area contributed by atoms with E-state index >= 15 is 0 Å². The molecule has 320 valence electrons. The van der Waals surface area contributed by atoms with E-state index < -0.39 is 0 Å². The smallest absolute Gasteiger partial charge is 0.260 e. The molecule has 4 atom stereocenters. The van der Waals surface area contributed by atoms with E-state index in [0.29, 0.717) is 11.8 Å². The molecule has 8 aromatic rings. The molecule has 4 unspecified atom stereocenters. The number of aromatic nitrogens is 7. The lowest BCUT2D eigenvalue weighted by Crippen LogP contribution is -2.26. The highest BCUT2D eigenvalue weighted by molar-refractivity contribution is 5.77. The number of pyridine rings is 1. The number of anilines is 8. The van der Waals surface area contributed by atoms with Crippen LogP contribution in [0.3, 0.4) is 0 Å². The lowest BCUT2D eigenvalue weighted by molar-refractivity contribution is 0.236. The maximum atomic E-state index is 5.88. The Morgan fingerprint density at radius 3 is 1.48 bits per heavy atom.